The highest BCUT2D eigenvalue weighted by atomic mass is 127. The van der Waals surface area contributed by atoms with Crippen molar-refractivity contribution in [1.29, 1.82) is 0 Å². The van der Waals surface area contributed by atoms with E-state index < -0.39 is 0 Å². The summed E-state index contributed by atoms with van der Waals surface area (Å²) in [7, 11) is 0. The van der Waals surface area contributed by atoms with Gasteiger partial charge < -0.3 is 8.94 Å². The van der Waals surface area contributed by atoms with Gasteiger partial charge in [0.05, 0.1) is 30.5 Å². The highest BCUT2D eigenvalue weighted by Gasteiger charge is 2.14. The second-order valence-corrected chi connectivity index (χ2v) is 9.17. The third kappa shape index (κ3) is 5.56. The van der Waals surface area contributed by atoms with Gasteiger partial charge in [-0.3, -0.25) is 4.68 Å². The van der Waals surface area contributed by atoms with Crippen LogP contribution in [0.25, 0.3) is 39.5 Å². The molecule has 176 valence electrons. The second kappa shape index (κ2) is 11.7. The summed E-state index contributed by atoms with van der Waals surface area (Å²) < 4.78 is 15.3. The average molecular weight is 587 g/mol. The number of hydrogen-bond acceptors (Lipinski definition) is 5. The number of rotatable bonds is 8. The number of furan rings is 1. The van der Waals surface area contributed by atoms with Gasteiger partial charge in [0.2, 0.25) is 0 Å². The largest absolute Gasteiger partial charge is 0.454 e. The summed E-state index contributed by atoms with van der Waals surface area (Å²) >= 11 is 2.23. The summed E-state index contributed by atoms with van der Waals surface area (Å²) in [5.74, 6) is 1.52. The SMILES string of the molecule is CC.Cc1cc(-n2ccc(-c3ccccc3)n2)nc2cc(-c3cnn(CCCOPI)c3)oc12. The van der Waals surface area contributed by atoms with Crippen LogP contribution in [0.4, 0.5) is 0 Å². The van der Waals surface area contributed by atoms with Crippen molar-refractivity contribution in [3.05, 3.63) is 72.7 Å². The molecule has 1 unspecified atom stereocenters. The lowest BCUT2D eigenvalue weighted by atomic mass is 10.2. The molecule has 0 aliphatic rings. The van der Waals surface area contributed by atoms with E-state index in [1.807, 2.05) is 92.6 Å². The van der Waals surface area contributed by atoms with E-state index in [4.69, 9.17) is 19.0 Å². The first kappa shape index (κ1) is 24.6. The van der Waals surface area contributed by atoms with Crippen molar-refractivity contribution in [2.45, 2.75) is 33.7 Å². The molecule has 5 aromatic rings. The summed E-state index contributed by atoms with van der Waals surface area (Å²) in [6, 6.07) is 16.1. The smallest absolute Gasteiger partial charge is 0.156 e. The molecule has 0 saturated carbocycles. The van der Waals surface area contributed by atoms with Gasteiger partial charge >= 0.3 is 0 Å². The number of halogens is 1. The standard InChI is InChI=1S/C23H21IN5O2P.C2H6/c1-16-12-22(29-10-8-19(27-29)17-6-3-2-4-7-17)26-20-13-21(31-23(16)20)18-14-25-28(15-18)9-5-11-30-32-24;1-2/h2-4,6-8,10,12-15,32H,5,9,11H2,1H3;1-2H3. The zero-order chi connectivity index (χ0) is 23.9. The Balaban J connectivity index is 0.00000133. The predicted molar refractivity (Wildman–Crippen MR) is 147 cm³/mol. The molecule has 0 radical (unpaired) electrons. The summed E-state index contributed by atoms with van der Waals surface area (Å²) in [5, 5.41) is 9.16. The lowest BCUT2D eigenvalue weighted by Crippen LogP contribution is -2.00. The minimum absolute atomic E-state index is 0.495. The molecule has 0 spiro atoms. The zero-order valence-corrected chi connectivity index (χ0v) is 22.6. The molecule has 5 rings (SSSR count). The van der Waals surface area contributed by atoms with Gasteiger partial charge in [-0.1, -0.05) is 44.2 Å². The van der Waals surface area contributed by atoms with E-state index in [1.165, 1.54) is 0 Å². The molecule has 34 heavy (non-hydrogen) atoms. The molecule has 0 aliphatic carbocycles. The van der Waals surface area contributed by atoms with Crippen molar-refractivity contribution in [2.75, 3.05) is 6.61 Å². The molecule has 0 N–H and O–H groups in total. The molecule has 0 bridgehead atoms. The minimum atomic E-state index is 0.495. The summed E-state index contributed by atoms with van der Waals surface area (Å²) in [4.78, 5) is 4.80. The Bertz CT molecular complexity index is 1350. The highest BCUT2D eigenvalue weighted by Crippen LogP contribution is 2.30. The fraction of sp³-hybridized carbons (Fsp3) is 0.240. The molecular formula is C25H27IN5O2P. The van der Waals surface area contributed by atoms with Crippen LogP contribution in [-0.4, -0.2) is 31.2 Å². The summed E-state index contributed by atoms with van der Waals surface area (Å²) in [6.45, 7) is 8.08. The fourth-order valence-corrected chi connectivity index (χ4v) is 4.47. The van der Waals surface area contributed by atoms with Crippen LogP contribution in [0.15, 0.2) is 71.5 Å². The molecule has 0 amide bonds. The normalized spacial score (nSPS) is 11.3. The topological polar surface area (TPSA) is 70.9 Å². The quantitative estimate of drug-likeness (QED) is 0.109. The Morgan fingerprint density at radius 2 is 1.91 bits per heavy atom. The Labute approximate surface area is 213 Å². The molecule has 0 saturated heterocycles. The summed E-state index contributed by atoms with van der Waals surface area (Å²) in [6.07, 6.45) is 6.69. The van der Waals surface area contributed by atoms with E-state index >= 15 is 0 Å². The number of fused-ring (bicyclic) bond motifs is 1. The van der Waals surface area contributed by atoms with Crippen molar-refractivity contribution >= 4 is 39.6 Å². The number of hydrogen-bond donors (Lipinski definition) is 0. The monoisotopic (exact) mass is 587 g/mol. The van der Waals surface area contributed by atoms with E-state index in [0.717, 1.165) is 64.6 Å². The van der Waals surface area contributed by atoms with Gasteiger partial charge in [-0.05, 0) is 53.1 Å². The highest BCUT2D eigenvalue weighted by molar-refractivity contribution is 14.2. The lowest BCUT2D eigenvalue weighted by Gasteiger charge is -2.03. The van der Waals surface area contributed by atoms with Crippen LogP contribution in [-0.2, 0) is 11.1 Å². The van der Waals surface area contributed by atoms with Crippen molar-refractivity contribution in [2.24, 2.45) is 0 Å². The molecule has 4 heterocycles. The van der Waals surface area contributed by atoms with Crippen LogP contribution in [0.2, 0.25) is 0 Å². The van der Waals surface area contributed by atoms with Crippen LogP contribution in [0.3, 0.4) is 0 Å². The van der Waals surface area contributed by atoms with Crippen molar-refractivity contribution in [3.8, 4) is 28.4 Å². The predicted octanol–water partition coefficient (Wildman–Crippen LogP) is 7.23. The molecule has 0 aliphatic heterocycles. The van der Waals surface area contributed by atoms with Gasteiger partial charge in [-0.2, -0.15) is 10.2 Å². The van der Waals surface area contributed by atoms with E-state index in [0.29, 0.717) is 6.45 Å². The minimum Gasteiger partial charge on any atom is -0.454 e. The van der Waals surface area contributed by atoms with Crippen LogP contribution in [0.5, 0.6) is 0 Å². The Morgan fingerprint density at radius 3 is 2.71 bits per heavy atom. The molecule has 7 nitrogen and oxygen atoms in total. The van der Waals surface area contributed by atoms with Gasteiger partial charge in [0.25, 0.3) is 0 Å². The number of nitrogens with zero attached hydrogens (tertiary/aromatic N) is 5. The number of benzene rings is 1. The van der Waals surface area contributed by atoms with Crippen molar-refractivity contribution in [3.63, 3.8) is 0 Å². The van der Waals surface area contributed by atoms with Gasteiger partial charge in [0.15, 0.2) is 11.4 Å². The maximum atomic E-state index is 6.14. The molecule has 0 fully saturated rings. The fourth-order valence-electron chi connectivity index (χ4n) is 3.59. The van der Waals surface area contributed by atoms with E-state index in [2.05, 4.69) is 27.1 Å². The molecule has 1 atom stereocenters. The van der Waals surface area contributed by atoms with Crippen LogP contribution < -0.4 is 0 Å². The third-order valence-electron chi connectivity index (χ3n) is 5.15. The lowest BCUT2D eigenvalue weighted by molar-refractivity contribution is 0.343. The number of aryl methyl sites for hydroxylation is 2. The number of aromatic nitrogens is 5. The second-order valence-electron chi connectivity index (χ2n) is 7.41. The maximum absolute atomic E-state index is 6.14. The van der Waals surface area contributed by atoms with Gasteiger partial charge in [-0.25, -0.2) is 9.67 Å². The Hall–Kier alpha value is -2.55. The van der Waals surface area contributed by atoms with Crippen molar-refractivity contribution < 1.29 is 8.94 Å². The first-order chi connectivity index (χ1) is 16.7. The molecule has 1 aromatic carbocycles. The first-order valence-electron chi connectivity index (χ1n) is 11.2. The molecular weight excluding hydrogens is 560 g/mol. The van der Waals surface area contributed by atoms with Crippen LogP contribution in [0, 0.1) is 6.92 Å². The third-order valence-corrected chi connectivity index (χ3v) is 6.40. The van der Waals surface area contributed by atoms with E-state index in [1.54, 1.807) is 4.68 Å². The van der Waals surface area contributed by atoms with Gasteiger partial charge in [0, 0.05) is 30.6 Å². The first-order valence-corrected chi connectivity index (χ1v) is 15.3. The van der Waals surface area contributed by atoms with Crippen LogP contribution in [0.1, 0.15) is 25.8 Å². The molecule has 4 aromatic heterocycles. The summed E-state index contributed by atoms with van der Waals surface area (Å²) in [5.41, 5.74) is 5.52. The molecule has 9 heteroatoms. The van der Waals surface area contributed by atoms with E-state index in [-0.39, 0.29) is 0 Å². The average Bonchev–Trinajstić information content (AvgIpc) is 3.63. The zero-order valence-electron chi connectivity index (χ0n) is 19.4. The van der Waals surface area contributed by atoms with E-state index in [9.17, 15) is 0 Å². The van der Waals surface area contributed by atoms with Gasteiger partial charge in [0.1, 0.15) is 11.3 Å². The Kier molecular flexibility index (Phi) is 8.48. The van der Waals surface area contributed by atoms with Crippen molar-refractivity contribution in [1.82, 2.24) is 24.5 Å². The Morgan fingerprint density at radius 1 is 1.09 bits per heavy atom. The van der Waals surface area contributed by atoms with Gasteiger partial charge in [-0.15, -0.1) is 0 Å². The van der Waals surface area contributed by atoms with Crippen LogP contribution >= 0.6 is 28.5 Å². The number of pyridine rings is 1. The maximum Gasteiger partial charge on any atom is 0.156 e.